The summed E-state index contributed by atoms with van der Waals surface area (Å²) in [6.07, 6.45) is 2.79. The Balaban J connectivity index is 1.63. The average Bonchev–Trinajstić information content (AvgIpc) is 3.20. The molecule has 2 rings (SSSR count). The lowest BCUT2D eigenvalue weighted by atomic mass is 10.1. The van der Waals surface area contributed by atoms with Gasteiger partial charge in [-0.1, -0.05) is 23.7 Å². The molecule has 1 aromatic carbocycles. The first kappa shape index (κ1) is 15.5. The predicted molar refractivity (Wildman–Crippen MR) is 82.6 cm³/mol. The Morgan fingerprint density at radius 1 is 1.40 bits per heavy atom. The quantitative estimate of drug-likeness (QED) is 0.540. The highest BCUT2D eigenvalue weighted by atomic mass is 35.5. The van der Waals surface area contributed by atoms with Crippen molar-refractivity contribution < 1.29 is 14.3 Å². The third kappa shape index (κ3) is 4.60. The zero-order chi connectivity index (χ0) is 14.4. The molecule has 0 saturated heterocycles. The van der Waals surface area contributed by atoms with Gasteiger partial charge in [0.1, 0.15) is 5.75 Å². The molecular weight excluding hydrogens is 296 g/mol. The van der Waals surface area contributed by atoms with E-state index < -0.39 is 0 Å². The second kappa shape index (κ2) is 7.23. The molecule has 0 radical (unpaired) electrons. The van der Waals surface area contributed by atoms with Crippen molar-refractivity contribution in [3.63, 3.8) is 0 Å². The van der Waals surface area contributed by atoms with Crippen LogP contribution in [0.25, 0.3) is 0 Å². The van der Waals surface area contributed by atoms with Crippen molar-refractivity contribution in [1.29, 1.82) is 0 Å². The first-order chi connectivity index (χ1) is 9.65. The minimum atomic E-state index is -0.101. The summed E-state index contributed by atoms with van der Waals surface area (Å²) in [7, 11) is 1.45. The number of carbonyl (C=O) groups excluding carboxylic acids is 1. The van der Waals surface area contributed by atoms with Crippen LogP contribution in [0.5, 0.6) is 5.75 Å². The van der Waals surface area contributed by atoms with Gasteiger partial charge in [-0.2, -0.15) is 11.8 Å². The highest BCUT2D eigenvalue weighted by Gasteiger charge is 2.44. The van der Waals surface area contributed by atoms with Crippen LogP contribution in [0, 0.1) is 5.41 Å². The van der Waals surface area contributed by atoms with Crippen LogP contribution >= 0.6 is 23.4 Å². The van der Waals surface area contributed by atoms with E-state index in [0.29, 0.717) is 18.1 Å². The second-order valence-electron chi connectivity index (χ2n) is 5.08. The number of thioether (sulfide) groups is 1. The third-order valence-electron chi connectivity index (χ3n) is 3.43. The highest BCUT2D eigenvalue weighted by Crippen LogP contribution is 2.51. The van der Waals surface area contributed by atoms with Gasteiger partial charge in [0.2, 0.25) is 0 Å². The van der Waals surface area contributed by atoms with Gasteiger partial charge in [-0.15, -0.1) is 0 Å². The molecule has 0 aromatic heterocycles. The molecular formula is C15H19ClO3S. The summed E-state index contributed by atoms with van der Waals surface area (Å²) in [5.74, 6) is 2.52. The number of rotatable bonds is 8. The number of benzene rings is 1. The lowest BCUT2D eigenvalue weighted by Gasteiger charge is -2.13. The number of ether oxygens (including phenoxy) is 2. The Kier molecular flexibility index (Phi) is 5.61. The van der Waals surface area contributed by atoms with Gasteiger partial charge >= 0.3 is 5.97 Å². The summed E-state index contributed by atoms with van der Waals surface area (Å²) >= 11 is 7.83. The third-order valence-corrected chi connectivity index (χ3v) is 5.02. The molecule has 1 fully saturated rings. The lowest BCUT2D eigenvalue weighted by Crippen LogP contribution is -2.14. The zero-order valence-corrected chi connectivity index (χ0v) is 13.1. The molecule has 0 spiro atoms. The minimum absolute atomic E-state index is 0.101. The Morgan fingerprint density at radius 3 is 2.80 bits per heavy atom. The molecule has 0 aliphatic heterocycles. The minimum Gasteiger partial charge on any atom is -0.491 e. The Labute approximate surface area is 129 Å². The van der Waals surface area contributed by atoms with Crippen LogP contribution in [-0.4, -0.2) is 31.2 Å². The maximum atomic E-state index is 11.3. The molecule has 0 amide bonds. The van der Waals surface area contributed by atoms with E-state index in [1.54, 1.807) is 0 Å². The summed E-state index contributed by atoms with van der Waals surface area (Å²) in [6, 6.07) is 7.48. The standard InChI is InChI=1S/C15H19ClO3S/c1-18-14(17)10-15(6-7-15)11-20-9-8-19-13-5-3-2-4-12(13)16/h2-5H,6-11H2,1H3. The first-order valence-electron chi connectivity index (χ1n) is 6.67. The Hall–Kier alpha value is -0.870. The van der Waals surface area contributed by atoms with Crippen LogP contribution in [0.15, 0.2) is 24.3 Å². The van der Waals surface area contributed by atoms with E-state index in [1.165, 1.54) is 7.11 Å². The molecule has 0 heterocycles. The number of hydrogen-bond acceptors (Lipinski definition) is 4. The molecule has 1 aliphatic carbocycles. The van der Waals surface area contributed by atoms with E-state index in [4.69, 9.17) is 21.1 Å². The van der Waals surface area contributed by atoms with Crippen LogP contribution in [0.1, 0.15) is 19.3 Å². The van der Waals surface area contributed by atoms with Crippen LogP contribution in [-0.2, 0) is 9.53 Å². The van der Waals surface area contributed by atoms with Crippen LogP contribution in [0.2, 0.25) is 5.02 Å². The topological polar surface area (TPSA) is 35.5 Å². The van der Waals surface area contributed by atoms with Gasteiger partial charge < -0.3 is 9.47 Å². The van der Waals surface area contributed by atoms with E-state index in [0.717, 1.165) is 30.1 Å². The van der Waals surface area contributed by atoms with Gasteiger partial charge in [-0.3, -0.25) is 4.79 Å². The molecule has 1 aliphatic rings. The molecule has 0 bridgehead atoms. The van der Waals surface area contributed by atoms with E-state index >= 15 is 0 Å². The summed E-state index contributed by atoms with van der Waals surface area (Å²) in [5.41, 5.74) is 0.183. The number of para-hydroxylation sites is 1. The fraction of sp³-hybridized carbons (Fsp3) is 0.533. The smallest absolute Gasteiger partial charge is 0.306 e. The van der Waals surface area contributed by atoms with Crippen molar-refractivity contribution in [2.75, 3.05) is 25.2 Å². The average molecular weight is 315 g/mol. The number of methoxy groups -OCH3 is 1. The van der Waals surface area contributed by atoms with E-state index in [1.807, 2.05) is 36.0 Å². The zero-order valence-electron chi connectivity index (χ0n) is 11.6. The fourth-order valence-electron chi connectivity index (χ4n) is 1.99. The predicted octanol–water partition coefficient (Wildman–Crippen LogP) is 3.80. The van der Waals surface area contributed by atoms with Gasteiger partial charge in [-0.05, 0) is 36.1 Å². The largest absolute Gasteiger partial charge is 0.491 e. The van der Waals surface area contributed by atoms with Gasteiger partial charge in [0.25, 0.3) is 0 Å². The van der Waals surface area contributed by atoms with Crippen LogP contribution in [0.3, 0.4) is 0 Å². The lowest BCUT2D eigenvalue weighted by molar-refractivity contribution is -0.141. The maximum absolute atomic E-state index is 11.3. The van der Waals surface area contributed by atoms with Gasteiger partial charge in [-0.25, -0.2) is 0 Å². The van der Waals surface area contributed by atoms with E-state index in [9.17, 15) is 4.79 Å². The molecule has 3 nitrogen and oxygen atoms in total. The van der Waals surface area contributed by atoms with E-state index in [2.05, 4.69) is 0 Å². The van der Waals surface area contributed by atoms with Crippen molar-refractivity contribution in [2.24, 2.45) is 5.41 Å². The second-order valence-corrected chi connectivity index (χ2v) is 6.60. The number of hydrogen-bond donors (Lipinski definition) is 0. The molecule has 0 unspecified atom stereocenters. The number of esters is 1. The van der Waals surface area contributed by atoms with Crippen molar-refractivity contribution >= 4 is 29.3 Å². The molecule has 1 saturated carbocycles. The number of carbonyl (C=O) groups is 1. The van der Waals surface area contributed by atoms with Crippen LogP contribution in [0.4, 0.5) is 0 Å². The molecule has 110 valence electrons. The summed E-state index contributed by atoms with van der Waals surface area (Å²) < 4.78 is 10.4. The number of halogens is 1. The molecule has 1 aromatic rings. The van der Waals surface area contributed by atoms with Gasteiger partial charge in [0.05, 0.1) is 25.2 Å². The van der Waals surface area contributed by atoms with Gasteiger partial charge in [0, 0.05) is 5.75 Å². The summed E-state index contributed by atoms with van der Waals surface area (Å²) in [4.78, 5) is 11.3. The maximum Gasteiger partial charge on any atom is 0.306 e. The van der Waals surface area contributed by atoms with Crippen molar-refractivity contribution in [2.45, 2.75) is 19.3 Å². The first-order valence-corrected chi connectivity index (χ1v) is 8.20. The van der Waals surface area contributed by atoms with Crippen molar-refractivity contribution in [3.8, 4) is 5.75 Å². The van der Waals surface area contributed by atoms with Crippen molar-refractivity contribution in [1.82, 2.24) is 0 Å². The molecule has 20 heavy (non-hydrogen) atoms. The monoisotopic (exact) mass is 314 g/mol. The van der Waals surface area contributed by atoms with Crippen LogP contribution < -0.4 is 4.74 Å². The van der Waals surface area contributed by atoms with E-state index in [-0.39, 0.29) is 11.4 Å². The normalized spacial score (nSPS) is 15.7. The fourth-order valence-corrected chi connectivity index (χ4v) is 3.35. The van der Waals surface area contributed by atoms with Gasteiger partial charge in [0.15, 0.2) is 0 Å². The molecule has 0 atom stereocenters. The van der Waals surface area contributed by atoms with Crippen molar-refractivity contribution in [3.05, 3.63) is 29.3 Å². The SMILES string of the molecule is COC(=O)CC1(CSCCOc2ccccc2Cl)CC1. The molecule has 5 heteroatoms. The highest BCUT2D eigenvalue weighted by molar-refractivity contribution is 7.99. The Bertz CT molecular complexity index is 460. The Morgan fingerprint density at radius 2 is 2.15 bits per heavy atom. The summed E-state index contributed by atoms with van der Waals surface area (Å²) in [5, 5.41) is 0.641. The molecule has 0 N–H and O–H groups in total. The summed E-state index contributed by atoms with van der Waals surface area (Å²) in [6.45, 7) is 0.628.